The van der Waals surface area contributed by atoms with E-state index in [0.29, 0.717) is 22.0 Å². The third-order valence-corrected chi connectivity index (χ3v) is 5.22. The van der Waals surface area contributed by atoms with Crippen LogP contribution in [0.3, 0.4) is 0 Å². The van der Waals surface area contributed by atoms with Crippen LogP contribution in [0.25, 0.3) is 0 Å². The molecule has 0 aliphatic carbocycles. The number of hydrogen-bond acceptors (Lipinski definition) is 7. The van der Waals surface area contributed by atoms with Gasteiger partial charge in [-0.15, -0.1) is 0 Å². The predicted molar refractivity (Wildman–Crippen MR) is 103 cm³/mol. The number of esters is 1. The van der Waals surface area contributed by atoms with Crippen molar-refractivity contribution in [1.29, 1.82) is 0 Å². The number of aryl methyl sites for hydroxylation is 1. The van der Waals surface area contributed by atoms with Crippen LogP contribution in [0.15, 0.2) is 22.7 Å². The van der Waals surface area contributed by atoms with Crippen LogP contribution in [0.1, 0.15) is 22.3 Å². The Hall–Kier alpha value is -2.46. The maximum absolute atomic E-state index is 12.4. The van der Waals surface area contributed by atoms with Gasteiger partial charge in [-0.2, -0.15) is 0 Å². The number of hydrogen-bond donors (Lipinski definition) is 1. The Morgan fingerprint density at radius 2 is 2.22 bits per heavy atom. The first-order valence-electron chi connectivity index (χ1n) is 8.06. The lowest BCUT2D eigenvalue weighted by Gasteiger charge is -2.28. The lowest BCUT2D eigenvalue weighted by atomic mass is 10.2. The maximum atomic E-state index is 12.4. The number of carbonyl (C=O) groups is 3. The third kappa shape index (κ3) is 4.28. The Bertz CT molecular complexity index is 914. The van der Waals surface area contributed by atoms with Crippen LogP contribution in [0.5, 0.6) is 5.75 Å². The van der Waals surface area contributed by atoms with Crippen molar-refractivity contribution in [3.63, 3.8) is 0 Å². The molecule has 1 aliphatic rings. The van der Waals surface area contributed by atoms with Crippen LogP contribution in [0.4, 0.5) is 10.8 Å². The molecule has 2 aromatic rings. The average molecular weight is 454 g/mol. The van der Waals surface area contributed by atoms with E-state index in [1.54, 1.807) is 32.0 Å². The fraction of sp³-hybridized carbons (Fsp3) is 0.294. The molecule has 2 heterocycles. The summed E-state index contributed by atoms with van der Waals surface area (Å²) in [5, 5.41) is 2.90. The molecule has 142 valence electrons. The van der Waals surface area contributed by atoms with Crippen LogP contribution in [0.2, 0.25) is 0 Å². The number of amides is 2. The monoisotopic (exact) mass is 453 g/mol. The van der Waals surface area contributed by atoms with E-state index in [9.17, 15) is 14.4 Å². The van der Waals surface area contributed by atoms with E-state index in [1.807, 2.05) is 0 Å². The summed E-state index contributed by atoms with van der Waals surface area (Å²) in [6.07, 6.45) is 0. The number of halogens is 1. The Morgan fingerprint density at radius 3 is 2.96 bits per heavy atom. The topological polar surface area (TPSA) is 97.8 Å². The van der Waals surface area contributed by atoms with E-state index in [1.165, 1.54) is 4.90 Å². The van der Waals surface area contributed by atoms with Gasteiger partial charge in [-0.05, 0) is 32.0 Å². The molecule has 3 rings (SSSR count). The summed E-state index contributed by atoms with van der Waals surface area (Å²) in [6.45, 7) is 3.31. The first-order chi connectivity index (χ1) is 12.9. The molecule has 8 nitrogen and oxygen atoms in total. The first-order valence-corrected chi connectivity index (χ1v) is 9.67. The molecule has 2 amide bonds. The van der Waals surface area contributed by atoms with Crippen molar-refractivity contribution in [2.75, 3.05) is 30.0 Å². The average Bonchev–Trinajstić information content (AvgIpc) is 2.98. The number of nitrogens with zero attached hydrogens (tertiary/aromatic N) is 2. The van der Waals surface area contributed by atoms with Crippen molar-refractivity contribution in [3.8, 4) is 5.75 Å². The first kappa shape index (κ1) is 19.3. The predicted octanol–water partition coefficient (Wildman–Crippen LogP) is 2.75. The zero-order valence-electron chi connectivity index (χ0n) is 14.6. The Balaban J connectivity index is 1.72. The van der Waals surface area contributed by atoms with E-state index >= 15 is 0 Å². The Morgan fingerprint density at radius 1 is 1.44 bits per heavy atom. The van der Waals surface area contributed by atoms with Gasteiger partial charge in [-0.3, -0.25) is 14.5 Å². The lowest BCUT2D eigenvalue weighted by Crippen LogP contribution is -2.43. The van der Waals surface area contributed by atoms with Gasteiger partial charge in [0.1, 0.15) is 17.2 Å². The number of ether oxygens (including phenoxy) is 2. The zero-order valence-corrected chi connectivity index (χ0v) is 17.0. The molecular weight excluding hydrogens is 438 g/mol. The summed E-state index contributed by atoms with van der Waals surface area (Å²) in [5.41, 5.74) is 0.999. The minimum absolute atomic E-state index is 0.139. The summed E-state index contributed by atoms with van der Waals surface area (Å²) in [4.78, 5) is 42.3. The number of benzene rings is 1. The van der Waals surface area contributed by atoms with Gasteiger partial charge in [-0.25, -0.2) is 9.78 Å². The normalized spacial score (nSPS) is 13.0. The van der Waals surface area contributed by atoms with Crippen molar-refractivity contribution >= 4 is 55.9 Å². The number of aromatic nitrogens is 1. The molecular formula is C17H16BrN3O5S. The molecule has 1 N–H and O–H groups in total. The van der Waals surface area contributed by atoms with E-state index in [-0.39, 0.29) is 30.8 Å². The van der Waals surface area contributed by atoms with Gasteiger partial charge in [-0.1, -0.05) is 27.3 Å². The maximum Gasteiger partial charge on any atom is 0.350 e. The van der Waals surface area contributed by atoms with Gasteiger partial charge < -0.3 is 14.8 Å². The second-order valence-electron chi connectivity index (χ2n) is 5.58. The van der Waals surface area contributed by atoms with E-state index in [2.05, 4.69) is 26.2 Å². The molecule has 1 aromatic carbocycles. The molecule has 1 aliphatic heterocycles. The van der Waals surface area contributed by atoms with Gasteiger partial charge in [0.15, 0.2) is 11.7 Å². The largest absolute Gasteiger partial charge is 0.482 e. The SMILES string of the molecule is CCOC(=O)c1sc(NC(=O)CN2C(=O)COc3cc(Br)ccc32)nc1C. The summed E-state index contributed by atoms with van der Waals surface area (Å²) in [6, 6.07) is 5.21. The number of rotatable bonds is 5. The highest BCUT2D eigenvalue weighted by Crippen LogP contribution is 2.34. The van der Waals surface area contributed by atoms with Crippen LogP contribution in [0, 0.1) is 6.92 Å². The molecule has 0 bridgehead atoms. The van der Waals surface area contributed by atoms with Crippen LogP contribution >= 0.6 is 27.3 Å². The summed E-state index contributed by atoms with van der Waals surface area (Å²) in [7, 11) is 0. The number of nitrogens with one attached hydrogen (secondary N) is 1. The van der Waals surface area contributed by atoms with Crippen molar-refractivity contribution < 1.29 is 23.9 Å². The van der Waals surface area contributed by atoms with Crippen LogP contribution in [-0.4, -0.2) is 42.5 Å². The highest BCUT2D eigenvalue weighted by molar-refractivity contribution is 9.10. The fourth-order valence-electron chi connectivity index (χ4n) is 2.49. The summed E-state index contributed by atoms with van der Waals surface area (Å²) >= 11 is 4.38. The fourth-order valence-corrected chi connectivity index (χ4v) is 3.71. The molecule has 0 spiro atoms. The van der Waals surface area contributed by atoms with Crippen molar-refractivity contribution in [2.24, 2.45) is 0 Å². The molecule has 0 unspecified atom stereocenters. The van der Waals surface area contributed by atoms with E-state index in [4.69, 9.17) is 9.47 Å². The van der Waals surface area contributed by atoms with Crippen LogP contribution in [-0.2, 0) is 14.3 Å². The third-order valence-electron chi connectivity index (χ3n) is 3.67. The Labute approximate surface area is 167 Å². The number of thiazole rings is 1. The summed E-state index contributed by atoms with van der Waals surface area (Å²) in [5.74, 6) is -0.701. The van der Waals surface area contributed by atoms with Crippen molar-refractivity contribution in [1.82, 2.24) is 4.98 Å². The summed E-state index contributed by atoms with van der Waals surface area (Å²) < 4.78 is 11.2. The molecule has 0 saturated heterocycles. The van der Waals surface area contributed by atoms with Crippen LogP contribution < -0.4 is 15.0 Å². The number of anilines is 2. The molecule has 0 saturated carbocycles. The standard InChI is InChI=1S/C17H16BrN3O5S/c1-3-25-16(24)15-9(2)19-17(27-15)20-13(22)7-21-11-5-4-10(18)6-12(11)26-8-14(21)23/h4-6H,3,7-8H2,1-2H3,(H,19,20,22). The Kier molecular flexibility index (Phi) is 5.76. The van der Waals surface area contributed by atoms with Crippen molar-refractivity contribution in [2.45, 2.75) is 13.8 Å². The number of fused-ring (bicyclic) bond motifs is 1. The second kappa shape index (κ2) is 8.05. The lowest BCUT2D eigenvalue weighted by molar-refractivity contribution is -0.123. The minimum Gasteiger partial charge on any atom is -0.482 e. The quantitative estimate of drug-likeness (QED) is 0.698. The molecule has 1 aromatic heterocycles. The van der Waals surface area contributed by atoms with E-state index in [0.717, 1.165) is 15.8 Å². The molecule has 10 heteroatoms. The molecule has 0 radical (unpaired) electrons. The van der Waals surface area contributed by atoms with Gasteiger partial charge in [0.25, 0.3) is 5.91 Å². The second-order valence-corrected chi connectivity index (χ2v) is 7.50. The molecule has 0 atom stereocenters. The highest BCUT2D eigenvalue weighted by Gasteiger charge is 2.28. The zero-order chi connectivity index (χ0) is 19.6. The minimum atomic E-state index is -0.476. The highest BCUT2D eigenvalue weighted by atomic mass is 79.9. The van der Waals surface area contributed by atoms with Crippen molar-refractivity contribution in [3.05, 3.63) is 33.2 Å². The van der Waals surface area contributed by atoms with Gasteiger partial charge in [0.05, 0.1) is 18.0 Å². The smallest absolute Gasteiger partial charge is 0.350 e. The molecule has 27 heavy (non-hydrogen) atoms. The molecule has 0 fully saturated rings. The number of carbonyl (C=O) groups excluding carboxylic acids is 3. The van der Waals surface area contributed by atoms with Gasteiger partial charge in [0.2, 0.25) is 5.91 Å². The van der Waals surface area contributed by atoms with E-state index < -0.39 is 11.9 Å². The van der Waals surface area contributed by atoms with Gasteiger partial charge in [0, 0.05) is 4.47 Å². The van der Waals surface area contributed by atoms with Gasteiger partial charge >= 0.3 is 5.97 Å².